The number of hydrogen-bond donors (Lipinski definition) is 1. The Bertz CT molecular complexity index is 834. The van der Waals surface area contributed by atoms with Crippen LogP contribution in [-0.2, 0) is 0 Å². The topological polar surface area (TPSA) is 66.3 Å². The van der Waals surface area contributed by atoms with Gasteiger partial charge in [-0.25, -0.2) is 9.37 Å². The molecule has 1 N–H and O–H groups in total. The van der Waals surface area contributed by atoms with Crippen LogP contribution in [0.3, 0.4) is 0 Å². The van der Waals surface area contributed by atoms with Crippen LogP contribution in [0.1, 0.15) is 12.0 Å². The minimum Gasteiger partial charge on any atom is -0.322 e. The molecule has 0 bridgehead atoms. The first kappa shape index (κ1) is 14.3. The molecular weight excluding hydrogens is 363 g/mol. The van der Waals surface area contributed by atoms with Gasteiger partial charge < -0.3 is 10.2 Å². The van der Waals surface area contributed by atoms with Gasteiger partial charge in [0.1, 0.15) is 11.7 Å². The Morgan fingerprint density at radius 1 is 1.30 bits per heavy atom. The highest BCUT2D eigenvalue weighted by molar-refractivity contribution is 9.12. The van der Waals surface area contributed by atoms with Gasteiger partial charge in [-0.3, -0.25) is 9.98 Å². The number of halogens is 2. The maximum atomic E-state index is 13.7. The van der Waals surface area contributed by atoms with Crippen LogP contribution in [0.4, 0.5) is 21.8 Å². The van der Waals surface area contributed by atoms with E-state index in [9.17, 15) is 4.39 Å². The van der Waals surface area contributed by atoms with Crippen molar-refractivity contribution in [1.29, 1.82) is 0 Å². The van der Waals surface area contributed by atoms with Crippen LogP contribution in [0.5, 0.6) is 0 Å². The van der Waals surface area contributed by atoms with E-state index in [1.54, 1.807) is 12.3 Å². The molecule has 0 fully saturated rings. The summed E-state index contributed by atoms with van der Waals surface area (Å²) in [4.78, 5) is 19.1. The van der Waals surface area contributed by atoms with Crippen LogP contribution in [0.25, 0.3) is 6.08 Å². The SMILES string of the molecule is Fc1cnccc1Nc1ncc2c(n1)N1CCCN=C1C(Br)=C2. The number of nitrogens with one attached hydrogen (secondary N) is 1. The smallest absolute Gasteiger partial charge is 0.229 e. The van der Waals surface area contributed by atoms with Crippen molar-refractivity contribution in [2.24, 2.45) is 4.99 Å². The highest BCUT2D eigenvalue weighted by Crippen LogP contribution is 2.33. The van der Waals surface area contributed by atoms with Gasteiger partial charge in [0, 0.05) is 31.0 Å². The first-order valence-corrected chi connectivity index (χ1v) is 7.95. The van der Waals surface area contributed by atoms with Gasteiger partial charge in [-0.05, 0) is 34.5 Å². The summed E-state index contributed by atoms with van der Waals surface area (Å²) >= 11 is 3.54. The fraction of sp³-hybridized carbons (Fsp3) is 0.200. The zero-order chi connectivity index (χ0) is 15.8. The molecule has 0 saturated heterocycles. The van der Waals surface area contributed by atoms with Crippen molar-refractivity contribution in [3.8, 4) is 0 Å². The fourth-order valence-electron chi connectivity index (χ4n) is 2.57. The van der Waals surface area contributed by atoms with Crippen LogP contribution in [0, 0.1) is 5.82 Å². The summed E-state index contributed by atoms with van der Waals surface area (Å²) in [5.74, 6) is 1.55. The third kappa shape index (κ3) is 2.59. The van der Waals surface area contributed by atoms with Gasteiger partial charge in [0.05, 0.1) is 16.4 Å². The highest BCUT2D eigenvalue weighted by atomic mass is 79.9. The highest BCUT2D eigenvalue weighted by Gasteiger charge is 2.27. The van der Waals surface area contributed by atoms with E-state index in [0.717, 1.165) is 47.4 Å². The van der Waals surface area contributed by atoms with Crippen LogP contribution in [0.2, 0.25) is 0 Å². The molecule has 6 nitrogen and oxygen atoms in total. The fourth-order valence-corrected chi connectivity index (χ4v) is 3.16. The monoisotopic (exact) mass is 374 g/mol. The molecule has 2 aromatic rings. The minimum atomic E-state index is -0.448. The van der Waals surface area contributed by atoms with Gasteiger partial charge in [0.25, 0.3) is 0 Å². The molecule has 2 aromatic heterocycles. The molecule has 0 saturated carbocycles. The van der Waals surface area contributed by atoms with Crippen molar-refractivity contribution in [2.45, 2.75) is 6.42 Å². The van der Waals surface area contributed by atoms with Crippen LogP contribution in [-0.4, -0.2) is 33.9 Å². The van der Waals surface area contributed by atoms with Gasteiger partial charge in [-0.15, -0.1) is 0 Å². The average molecular weight is 375 g/mol. The summed E-state index contributed by atoms with van der Waals surface area (Å²) in [5.41, 5.74) is 1.19. The second kappa shape index (κ2) is 5.69. The number of aromatic nitrogens is 3. The predicted octanol–water partition coefficient (Wildman–Crippen LogP) is 3.11. The lowest BCUT2D eigenvalue weighted by molar-refractivity contribution is 0.625. The molecule has 8 heteroatoms. The Morgan fingerprint density at radius 2 is 2.22 bits per heavy atom. The molecule has 0 spiro atoms. The number of rotatable bonds is 2. The quantitative estimate of drug-likeness (QED) is 0.874. The van der Waals surface area contributed by atoms with E-state index < -0.39 is 5.82 Å². The van der Waals surface area contributed by atoms with Gasteiger partial charge in [0.2, 0.25) is 5.95 Å². The van der Waals surface area contributed by atoms with Gasteiger partial charge in [-0.2, -0.15) is 4.98 Å². The second-order valence-electron chi connectivity index (χ2n) is 5.16. The predicted molar refractivity (Wildman–Crippen MR) is 90.7 cm³/mol. The number of pyridine rings is 1. The van der Waals surface area contributed by atoms with Crippen LogP contribution in [0.15, 0.2) is 34.1 Å². The van der Waals surface area contributed by atoms with Crippen molar-refractivity contribution < 1.29 is 4.39 Å². The molecule has 4 heterocycles. The summed E-state index contributed by atoms with van der Waals surface area (Å²) < 4.78 is 14.6. The lowest BCUT2D eigenvalue weighted by Crippen LogP contribution is -2.38. The molecule has 4 rings (SSSR count). The molecule has 0 unspecified atom stereocenters. The number of fused-ring (bicyclic) bond motifs is 3. The standard InChI is InChI=1S/C15H12BrFN6/c16-10-6-9-7-20-15(21-12-2-4-18-8-11(12)17)22-13(9)23-5-1-3-19-14(10)23/h2,4,6-8H,1,3,5H2,(H,18,20,21,22). The summed E-state index contributed by atoms with van der Waals surface area (Å²) in [6.07, 6.45) is 7.30. The number of hydrogen-bond acceptors (Lipinski definition) is 6. The Labute approximate surface area is 140 Å². The van der Waals surface area contributed by atoms with Crippen LogP contribution >= 0.6 is 15.9 Å². The molecule has 23 heavy (non-hydrogen) atoms. The van der Waals surface area contributed by atoms with E-state index in [4.69, 9.17) is 0 Å². The zero-order valence-corrected chi connectivity index (χ0v) is 13.6. The molecule has 0 aromatic carbocycles. The lowest BCUT2D eigenvalue weighted by atomic mass is 10.1. The normalized spacial score (nSPS) is 16.2. The van der Waals surface area contributed by atoms with Crippen molar-refractivity contribution in [3.05, 3.63) is 40.5 Å². The summed E-state index contributed by atoms with van der Waals surface area (Å²) in [5, 5.41) is 2.89. The third-order valence-corrected chi connectivity index (χ3v) is 4.21. The molecule has 0 atom stereocenters. The summed E-state index contributed by atoms with van der Waals surface area (Å²) in [6.45, 7) is 1.65. The first-order valence-electron chi connectivity index (χ1n) is 7.15. The van der Waals surface area contributed by atoms with Crippen molar-refractivity contribution in [3.63, 3.8) is 0 Å². The van der Waals surface area contributed by atoms with E-state index in [0.29, 0.717) is 11.6 Å². The molecule has 0 radical (unpaired) electrons. The van der Waals surface area contributed by atoms with Gasteiger partial charge in [-0.1, -0.05) is 0 Å². The average Bonchev–Trinajstić information content (AvgIpc) is 2.58. The minimum absolute atomic E-state index is 0.292. The molecule has 0 aliphatic carbocycles. The van der Waals surface area contributed by atoms with Gasteiger partial charge >= 0.3 is 0 Å². The van der Waals surface area contributed by atoms with E-state index in [-0.39, 0.29) is 0 Å². The van der Waals surface area contributed by atoms with Crippen molar-refractivity contribution in [1.82, 2.24) is 15.0 Å². The molecule has 2 aliphatic heterocycles. The van der Waals surface area contributed by atoms with Crippen molar-refractivity contribution in [2.75, 3.05) is 23.3 Å². The summed E-state index contributed by atoms with van der Waals surface area (Å²) in [6, 6.07) is 1.54. The Morgan fingerprint density at radius 3 is 3.09 bits per heavy atom. The Balaban J connectivity index is 1.73. The zero-order valence-electron chi connectivity index (χ0n) is 12.0. The lowest BCUT2D eigenvalue weighted by Gasteiger charge is -2.32. The second-order valence-corrected chi connectivity index (χ2v) is 6.01. The van der Waals surface area contributed by atoms with Gasteiger partial charge in [0.15, 0.2) is 5.82 Å². The van der Waals surface area contributed by atoms with E-state index in [1.165, 1.54) is 6.20 Å². The Kier molecular flexibility index (Phi) is 3.53. The number of aliphatic imine (C=N–C) groups is 1. The van der Waals surface area contributed by atoms with E-state index in [2.05, 4.69) is 46.1 Å². The van der Waals surface area contributed by atoms with E-state index in [1.807, 2.05) is 6.08 Å². The molecule has 0 amide bonds. The van der Waals surface area contributed by atoms with E-state index >= 15 is 0 Å². The number of amidine groups is 1. The largest absolute Gasteiger partial charge is 0.322 e. The van der Waals surface area contributed by atoms with Crippen LogP contribution < -0.4 is 10.2 Å². The molecule has 2 aliphatic rings. The third-order valence-electron chi connectivity index (χ3n) is 3.62. The molecular formula is C15H12BrFN6. The first-order chi connectivity index (χ1) is 11.2. The summed E-state index contributed by atoms with van der Waals surface area (Å²) in [7, 11) is 0. The Hall–Kier alpha value is -2.35. The van der Waals surface area contributed by atoms with Crippen molar-refractivity contribution >= 4 is 45.3 Å². The maximum absolute atomic E-state index is 13.7. The maximum Gasteiger partial charge on any atom is 0.229 e. The number of nitrogens with zero attached hydrogens (tertiary/aromatic N) is 5. The number of anilines is 3. The molecule has 116 valence electrons.